The highest BCUT2D eigenvalue weighted by Crippen LogP contribution is 2.26. The largest absolute Gasteiger partial charge is 0.479 e. The molecule has 0 amide bonds. The van der Waals surface area contributed by atoms with Crippen molar-refractivity contribution in [3.05, 3.63) is 97.2 Å². The van der Waals surface area contributed by atoms with Gasteiger partial charge in [0.2, 0.25) is 0 Å². The summed E-state index contributed by atoms with van der Waals surface area (Å²) >= 11 is 0. The molecule has 3 N–H and O–H groups in total. The first-order valence-electron chi connectivity index (χ1n) is 27.2. The van der Waals surface area contributed by atoms with Gasteiger partial charge < -0.3 is 39.0 Å². The van der Waals surface area contributed by atoms with Crippen LogP contribution in [0, 0.1) is 0 Å². The molecule has 1 aliphatic heterocycles. The number of allylic oxidation sites excluding steroid dienone is 15. The normalized spacial score (nSPS) is 19.3. The van der Waals surface area contributed by atoms with E-state index in [1.807, 2.05) is 12.2 Å². The zero-order chi connectivity index (χ0) is 51.8. The lowest BCUT2D eigenvalue weighted by Gasteiger charge is -2.40. The lowest BCUT2D eigenvalue weighted by molar-refractivity contribution is -0.301. The Bertz CT molecular complexity index is 1610. The van der Waals surface area contributed by atoms with Gasteiger partial charge in [-0.3, -0.25) is 14.4 Å². The van der Waals surface area contributed by atoms with Gasteiger partial charge in [-0.2, -0.15) is 0 Å². The number of ether oxygens (including phenoxy) is 5. The zero-order valence-electron chi connectivity index (χ0n) is 43.9. The average molecular weight is 995 g/mol. The second-order valence-corrected chi connectivity index (χ2v) is 18.1. The minimum atomic E-state index is -1.94. The Morgan fingerprint density at radius 1 is 0.493 bits per heavy atom. The number of rotatable bonds is 44. The van der Waals surface area contributed by atoms with Gasteiger partial charge in [-0.1, -0.05) is 201 Å². The van der Waals surface area contributed by atoms with Crippen LogP contribution < -0.4 is 0 Å². The number of carboxylic acid groups (broad SMARTS) is 1. The molecule has 1 rings (SSSR count). The van der Waals surface area contributed by atoms with Crippen LogP contribution in [-0.4, -0.2) is 89.2 Å². The number of esters is 3. The number of aliphatic hydroxyl groups excluding tert-OH is 2. The molecular weight excluding hydrogens is 901 g/mol. The fourth-order valence-electron chi connectivity index (χ4n) is 7.57. The lowest BCUT2D eigenvalue weighted by Crippen LogP contribution is -2.61. The molecule has 402 valence electrons. The number of hydrogen-bond acceptors (Lipinski definition) is 11. The maximum Gasteiger partial charge on any atom is 0.335 e. The first kappa shape index (κ1) is 64.7. The molecule has 71 heavy (non-hydrogen) atoms. The number of carboxylic acids is 1. The molecule has 12 nitrogen and oxygen atoms in total. The third kappa shape index (κ3) is 37.1. The maximum atomic E-state index is 13.0. The number of hydrogen-bond donors (Lipinski definition) is 3. The van der Waals surface area contributed by atoms with Crippen molar-refractivity contribution in [3.63, 3.8) is 0 Å². The Morgan fingerprint density at radius 2 is 0.930 bits per heavy atom. The quantitative estimate of drug-likeness (QED) is 0.0228. The third-order valence-corrected chi connectivity index (χ3v) is 11.7. The summed E-state index contributed by atoms with van der Waals surface area (Å²) in [5.74, 6) is -3.31. The molecule has 12 heteroatoms. The number of unbranched alkanes of at least 4 members (excludes halogenated alkanes) is 15. The molecule has 1 heterocycles. The van der Waals surface area contributed by atoms with Crippen LogP contribution in [0.15, 0.2) is 97.2 Å². The molecule has 0 radical (unpaired) electrons. The molecule has 6 atom stereocenters. The highest BCUT2D eigenvalue weighted by atomic mass is 16.7. The van der Waals surface area contributed by atoms with Gasteiger partial charge in [0.1, 0.15) is 18.8 Å². The minimum absolute atomic E-state index is 0.147. The van der Waals surface area contributed by atoms with Crippen molar-refractivity contribution in [2.75, 3.05) is 13.2 Å². The molecule has 0 spiro atoms. The predicted molar refractivity (Wildman–Crippen MR) is 284 cm³/mol. The summed E-state index contributed by atoms with van der Waals surface area (Å²) in [4.78, 5) is 50.8. The van der Waals surface area contributed by atoms with E-state index in [1.54, 1.807) is 12.2 Å². The monoisotopic (exact) mass is 995 g/mol. The molecule has 6 unspecified atom stereocenters. The molecule has 0 aromatic rings. The van der Waals surface area contributed by atoms with Gasteiger partial charge >= 0.3 is 23.9 Å². The van der Waals surface area contributed by atoms with Crippen molar-refractivity contribution in [2.45, 2.75) is 237 Å². The molecular formula is C59H94O12. The summed E-state index contributed by atoms with van der Waals surface area (Å²) in [5.41, 5.74) is 0. The number of aliphatic hydroxyl groups is 2. The summed E-state index contributed by atoms with van der Waals surface area (Å²) < 4.78 is 28.2. The van der Waals surface area contributed by atoms with Crippen LogP contribution >= 0.6 is 0 Å². The molecule has 0 aromatic heterocycles. The minimum Gasteiger partial charge on any atom is -0.479 e. The van der Waals surface area contributed by atoms with Crippen LogP contribution in [0.5, 0.6) is 0 Å². The fraction of sp³-hybridized carbons (Fsp3) is 0.661. The van der Waals surface area contributed by atoms with Crippen molar-refractivity contribution in [2.24, 2.45) is 0 Å². The third-order valence-electron chi connectivity index (χ3n) is 11.7. The van der Waals surface area contributed by atoms with Gasteiger partial charge in [0.25, 0.3) is 0 Å². The number of carbonyl (C=O) groups excluding carboxylic acids is 3. The second-order valence-electron chi connectivity index (χ2n) is 18.1. The molecule has 0 saturated carbocycles. The van der Waals surface area contributed by atoms with E-state index in [1.165, 1.54) is 38.5 Å². The van der Waals surface area contributed by atoms with Gasteiger partial charge in [-0.05, 0) is 77.0 Å². The van der Waals surface area contributed by atoms with E-state index in [0.29, 0.717) is 19.3 Å². The molecule has 1 saturated heterocycles. The van der Waals surface area contributed by atoms with Crippen molar-refractivity contribution >= 4 is 23.9 Å². The Hall–Kier alpha value is -4.36. The maximum absolute atomic E-state index is 13.0. The summed E-state index contributed by atoms with van der Waals surface area (Å²) in [7, 11) is 0. The van der Waals surface area contributed by atoms with E-state index in [0.717, 1.165) is 103 Å². The van der Waals surface area contributed by atoms with Crippen LogP contribution in [0.3, 0.4) is 0 Å². The van der Waals surface area contributed by atoms with E-state index >= 15 is 0 Å². The summed E-state index contributed by atoms with van der Waals surface area (Å²) in [6, 6.07) is 0. The SMILES string of the molecule is CC/C=C\C/C=C\C/C=C\C/C=C\C/C=C\CC(=O)OC1C(OCC(COC(=O)CCCCCCCCC/C=C\C/C=C\C/C=C\CC)OC(=O)CCCCCCCCCCC)OC(C(=O)O)C(O)C1O. The smallest absolute Gasteiger partial charge is 0.335 e. The van der Waals surface area contributed by atoms with Crippen LogP contribution in [0.4, 0.5) is 0 Å². The average Bonchev–Trinajstić information content (AvgIpc) is 3.35. The van der Waals surface area contributed by atoms with E-state index in [-0.39, 0.29) is 25.9 Å². The summed E-state index contributed by atoms with van der Waals surface area (Å²) in [6.45, 7) is 5.66. The van der Waals surface area contributed by atoms with Crippen molar-refractivity contribution in [1.29, 1.82) is 0 Å². The summed E-state index contributed by atoms with van der Waals surface area (Å²) in [5, 5.41) is 31.3. The van der Waals surface area contributed by atoms with Gasteiger partial charge in [0.15, 0.2) is 24.6 Å². The first-order chi connectivity index (χ1) is 34.6. The van der Waals surface area contributed by atoms with Gasteiger partial charge in [0.05, 0.1) is 13.0 Å². The van der Waals surface area contributed by atoms with Crippen LogP contribution in [0.25, 0.3) is 0 Å². The van der Waals surface area contributed by atoms with Crippen LogP contribution in [0.2, 0.25) is 0 Å². The fourth-order valence-corrected chi connectivity index (χ4v) is 7.57. The zero-order valence-corrected chi connectivity index (χ0v) is 43.9. The Labute approximate surface area is 428 Å². The van der Waals surface area contributed by atoms with Crippen molar-refractivity contribution < 1.29 is 58.2 Å². The Morgan fingerprint density at radius 3 is 1.42 bits per heavy atom. The molecule has 1 fully saturated rings. The van der Waals surface area contributed by atoms with Gasteiger partial charge in [0, 0.05) is 12.8 Å². The standard InChI is InChI=1S/C59H94O12/c1-4-7-10-13-16-19-21-23-25-26-28-29-31-34-36-39-42-45-51(60)67-48-50(69-52(61)46-43-40-37-33-18-15-12-9-6-3)49-68-59-57(55(64)54(63)56(71-59)58(65)66)70-53(62)47-44-41-38-35-32-30-27-24-22-20-17-14-11-8-5-2/h7-8,10-11,16-17,19-20,23-25,27,32,35,41,44,50,54-57,59,63-64H,4-6,9,12-15,18,21-22,26,28-31,33-34,36-40,42-43,45-49H2,1-3H3,(H,65,66)/b10-7-,11-8-,19-16-,20-17-,25-23-,27-24-,35-32-,44-41-. The molecule has 0 aromatic carbocycles. The van der Waals surface area contributed by atoms with E-state index in [2.05, 4.69) is 93.7 Å². The number of aliphatic carboxylic acids is 1. The van der Waals surface area contributed by atoms with Crippen LogP contribution in [0.1, 0.15) is 201 Å². The van der Waals surface area contributed by atoms with Gasteiger partial charge in [-0.15, -0.1) is 0 Å². The topological polar surface area (TPSA) is 175 Å². The Balaban J connectivity index is 2.74. The molecule has 1 aliphatic rings. The van der Waals surface area contributed by atoms with E-state index < -0.39 is 67.3 Å². The summed E-state index contributed by atoms with van der Waals surface area (Å²) in [6.07, 6.45) is 48.5. The highest BCUT2D eigenvalue weighted by Gasteiger charge is 2.50. The van der Waals surface area contributed by atoms with Crippen molar-refractivity contribution in [1.82, 2.24) is 0 Å². The Kier molecular flexibility index (Phi) is 42.5. The lowest BCUT2D eigenvalue weighted by atomic mass is 9.98. The molecule has 0 bridgehead atoms. The van der Waals surface area contributed by atoms with Gasteiger partial charge in [-0.25, -0.2) is 4.79 Å². The highest BCUT2D eigenvalue weighted by molar-refractivity contribution is 5.74. The van der Waals surface area contributed by atoms with Crippen LogP contribution in [-0.2, 0) is 42.9 Å². The van der Waals surface area contributed by atoms with E-state index in [9.17, 15) is 34.5 Å². The predicted octanol–water partition coefficient (Wildman–Crippen LogP) is 13.3. The number of carbonyl (C=O) groups is 4. The molecule has 0 aliphatic carbocycles. The first-order valence-corrected chi connectivity index (χ1v) is 27.2. The second kappa shape index (κ2) is 46.7. The van der Waals surface area contributed by atoms with E-state index in [4.69, 9.17) is 23.7 Å². The van der Waals surface area contributed by atoms with Crippen molar-refractivity contribution in [3.8, 4) is 0 Å².